The van der Waals surface area contributed by atoms with Gasteiger partial charge in [-0.15, -0.1) is 11.3 Å². The number of hydrogen-bond acceptors (Lipinski definition) is 3. The molecule has 0 radical (unpaired) electrons. The summed E-state index contributed by atoms with van der Waals surface area (Å²) >= 11 is 1.69. The first-order chi connectivity index (χ1) is 9.33. The standard InChI is InChI=1S/C16H20N2S/c1-12-5-2-3-8-15(12)18-14-7-4-6-13(11-14)16-17-9-10-19-16/h4,6-7,9-12,15,18H,2-3,5,8H2,1H3. The van der Waals surface area contributed by atoms with Crippen LogP contribution in [-0.4, -0.2) is 11.0 Å². The first-order valence-electron chi connectivity index (χ1n) is 7.09. The van der Waals surface area contributed by atoms with Gasteiger partial charge in [-0.25, -0.2) is 4.98 Å². The number of anilines is 1. The molecule has 1 fully saturated rings. The zero-order valence-corrected chi connectivity index (χ0v) is 12.1. The molecule has 19 heavy (non-hydrogen) atoms. The molecule has 1 aliphatic rings. The monoisotopic (exact) mass is 272 g/mol. The van der Waals surface area contributed by atoms with E-state index in [2.05, 4.69) is 41.5 Å². The molecule has 2 atom stereocenters. The highest BCUT2D eigenvalue weighted by Crippen LogP contribution is 2.29. The first kappa shape index (κ1) is 12.7. The van der Waals surface area contributed by atoms with E-state index in [1.807, 2.05) is 11.6 Å². The van der Waals surface area contributed by atoms with Crippen molar-refractivity contribution in [2.45, 2.75) is 38.6 Å². The van der Waals surface area contributed by atoms with E-state index in [-0.39, 0.29) is 0 Å². The Labute approximate surface area is 118 Å². The smallest absolute Gasteiger partial charge is 0.123 e. The molecular formula is C16H20N2S. The van der Waals surface area contributed by atoms with E-state index in [4.69, 9.17) is 0 Å². The summed E-state index contributed by atoms with van der Waals surface area (Å²) in [5.74, 6) is 0.775. The van der Waals surface area contributed by atoms with Crippen molar-refractivity contribution in [1.82, 2.24) is 4.98 Å². The predicted molar refractivity (Wildman–Crippen MR) is 82.6 cm³/mol. The molecule has 1 saturated carbocycles. The fraction of sp³-hybridized carbons (Fsp3) is 0.438. The van der Waals surface area contributed by atoms with E-state index in [9.17, 15) is 0 Å². The van der Waals surface area contributed by atoms with Crippen molar-refractivity contribution in [3.05, 3.63) is 35.8 Å². The third-order valence-electron chi connectivity index (χ3n) is 4.01. The van der Waals surface area contributed by atoms with Gasteiger partial charge in [0.2, 0.25) is 0 Å². The predicted octanol–water partition coefficient (Wildman–Crippen LogP) is 4.80. The number of benzene rings is 1. The summed E-state index contributed by atoms with van der Waals surface area (Å²) in [5, 5.41) is 6.83. The lowest BCUT2D eigenvalue weighted by atomic mass is 9.86. The molecule has 1 N–H and O–H groups in total. The molecule has 0 spiro atoms. The van der Waals surface area contributed by atoms with Gasteiger partial charge in [-0.05, 0) is 30.9 Å². The van der Waals surface area contributed by atoms with Gasteiger partial charge in [0.1, 0.15) is 5.01 Å². The second-order valence-corrected chi connectivity index (χ2v) is 6.33. The largest absolute Gasteiger partial charge is 0.382 e. The molecule has 0 amide bonds. The lowest BCUT2D eigenvalue weighted by molar-refractivity contribution is 0.349. The first-order valence-corrected chi connectivity index (χ1v) is 7.97. The molecule has 0 aliphatic heterocycles. The van der Waals surface area contributed by atoms with Gasteiger partial charge >= 0.3 is 0 Å². The molecule has 1 heterocycles. The summed E-state index contributed by atoms with van der Waals surface area (Å²) in [6.45, 7) is 2.36. The number of nitrogens with zero attached hydrogens (tertiary/aromatic N) is 1. The summed E-state index contributed by atoms with van der Waals surface area (Å²) in [7, 11) is 0. The maximum atomic E-state index is 4.38. The van der Waals surface area contributed by atoms with Crippen LogP contribution in [0.25, 0.3) is 10.6 Å². The molecule has 2 unspecified atom stereocenters. The van der Waals surface area contributed by atoms with E-state index in [1.165, 1.54) is 36.9 Å². The Balaban J connectivity index is 1.76. The van der Waals surface area contributed by atoms with Gasteiger partial charge in [0.15, 0.2) is 0 Å². The van der Waals surface area contributed by atoms with Gasteiger partial charge in [0, 0.05) is 28.9 Å². The van der Waals surface area contributed by atoms with E-state index in [0.717, 1.165) is 10.9 Å². The highest BCUT2D eigenvalue weighted by molar-refractivity contribution is 7.13. The minimum Gasteiger partial charge on any atom is -0.382 e. The Kier molecular flexibility index (Phi) is 3.83. The molecular weight excluding hydrogens is 252 g/mol. The number of hydrogen-bond donors (Lipinski definition) is 1. The van der Waals surface area contributed by atoms with Crippen LogP contribution in [0.5, 0.6) is 0 Å². The van der Waals surface area contributed by atoms with Gasteiger partial charge in [-0.1, -0.05) is 31.9 Å². The second kappa shape index (κ2) is 5.74. The van der Waals surface area contributed by atoms with Crippen LogP contribution in [0.1, 0.15) is 32.6 Å². The topological polar surface area (TPSA) is 24.9 Å². The van der Waals surface area contributed by atoms with Crippen molar-refractivity contribution in [2.75, 3.05) is 5.32 Å². The van der Waals surface area contributed by atoms with Crippen molar-refractivity contribution in [3.63, 3.8) is 0 Å². The Morgan fingerprint density at radius 3 is 2.95 bits per heavy atom. The van der Waals surface area contributed by atoms with Crippen molar-refractivity contribution in [3.8, 4) is 10.6 Å². The summed E-state index contributed by atoms with van der Waals surface area (Å²) in [5.41, 5.74) is 2.44. The zero-order chi connectivity index (χ0) is 13.1. The second-order valence-electron chi connectivity index (χ2n) is 5.43. The molecule has 0 bridgehead atoms. The average molecular weight is 272 g/mol. The lowest BCUT2D eigenvalue weighted by Crippen LogP contribution is -2.30. The molecule has 2 aromatic rings. The summed E-state index contributed by atoms with van der Waals surface area (Å²) < 4.78 is 0. The molecule has 3 heteroatoms. The SMILES string of the molecule is CC1CCCCC1Nc1cccc(-c2nccs2)c1. The summed E-state index contributed by atoms with van der Waals surface area (Å²) in [6, 6.07) is 9.26. The van der Waals surface area contributed by atoms with E-state index >= 15 is 0 Å². The molecule has 3 rings (SSSR count). The van der Waals surface area contributed by atoms with Crippen LogP contribution in [0.2, 0.25) is 0 Å². The van der Waals surface area contributed by atoms with Crippen molar-refractivity contribution >= 4 is 17.0 Å². The lowest BCUT2D eigenvalue weighted by Gasteiger charge is -2.30. The normalized spacial score (nSPS) is 23.2. The van der Waals surface area contributed by atoms with Crippen molar-refractivity contribution in [1.29, 1.82) is 0 Å². The van der Waals surface area contributed by atoms with Gasteiger partial charge in [-0.2, -0.15) is 0 Å². The minimum atomic E-state index is 0.625. The van der Waals surface area contributed by atoms with Crippen LogP contribution in [0.4, 0.5) is 5.69 Å². The fourth-order valence-electron chi connectivity index (χ4n) is 2.85. The van der Waals surface area contributed by atoms with Crippen LogP contribution in [0, 0.1) is 5.92 Å². The third kappa shape index (κ3) is 2.98. The van der Waals surface area contributed by atoms with Crippen molar-refractivity contribution < 1.29 is 0 Å². The van der Waals surface area contributed by atoms with E-state index < -0.39 is 0 Å². The Hall–Kier alpha value is -1.35. The maximum Gasteiger partial charge on any atom is 0.123 e. The van der Waals surface area contributed by atoms with Crippen LogP contribution in [-0.2, 0) is 0 Å². The van der Waals surface area contributed by atoms with Crippen LogP contribution in [0.3, 0.4) is 0 Å². The Bertz CT molecular complexity index is 521. The molecule has 2 nitrogen and oxygen atoms in total. The maximum absolute atomic E-state index is 4.38. The van der Waals surface area contributed by atoms with Gasteiger partial charge in [0.05, 0.1) is 0 Å². The number of nitrogens with one attached hydrogen (secondary N) is 1. The highest BCUT2D eigenvalue weighted by Gasteiger charge is 2.20. The quantitative estimate of drug-likeness (QED) is 0.868. The van der Waals surface area contributed by atoms with Crippen molar-refractivity contribution in [2.24, 2.45) is 5.92 Å². The average Bonchev–Trinajstić information content (AvgIpc) is 2.96. The number of aromatic nitrogens is 1. The third-order valence-corrected chi connectivity index (χ3v) is 4.83. The van der Waals surface area contributed by atoms with Crippen LogP contribution < -0.4 is 5.32 Å². The van der Waals surface area contributed by atoms with Crippen LogP contribution >= 0.6 is 11.3 Å². The van der Waals surface area contributed by atoms with E-state index in [1.54, 1.807) is 11.3 Å². The Morgan fingerprint density at radius 1 is 1.26 bits per heavy atom. The fourth-order valence-corrected chi connectivity index (χ4v) is 3.49. The van der Waals surface area contributed by atoms with Gasteiger partial charge < -0.3 is 5.32 Å². The van der Waals surface area contributed by atoms with Crippen LogP contribution in [0.15, 0.2) is 35.8 Å². The molecule has 1 aliphatic carbocycles. The minimum absolute atomic E-state index is 0.625. The zero-order valence-electron chi connectivity index (χ0n) is 11.3. The van der Waals surface area contributed by atoms with E-state index in [0.29, 0.717) is 6.04 Å². The molecule has 100 valence electrons. The highest BCUT2D eigenvalue weighted by atomic mass is 32.1. The summed E-state index contributed by atoms with van der Waals surface area (Å²) in [6.07, 6.45) is 7.25. The summed E-state index contributed by atoms with van der Waals surface area (Å²) in [4.78, 5) is 4.38. The number of rotatable bonds is 3. The Morgan fingerprint density at radius 2 is 2.16 bits per heavy atom. The molecule has 0 saturated heterocycles. The van der Waals surface area contributed by atoms with Gasteiger partial charge in [-0.3, -0.25) is 0 Å². The van der Waals surface area contributed by atoms with Gasteiger partial charge in [0.25, 0.3) is 0 Å². The molecule has 1 aromatic carbocycles. The number of thiazole rings is 1. The molecule has 1 aromatic heterocycles.